The molecule has 0 aliphatic heterocycles. The van der Waals surface area contributed by atoms with Crippen LogP contribution in [0.5, 0.6) is 11.5 Å². The van der Waals surface area contributed by atoms with Crippen molar-refractivity contribution in [2.75, 3.05) is 6.61 Å². The lowest BCUT2D eigenvalue weighted by atomic mass is 10.0. The van der Waals surface area contributed by atoms with Crippen molar-refractivity contribution in [1.82, 2.24) is 0 Å². The Morgan fingerprint density at radius 3 is 2.35 bits per heavy atom. The van der Waals surface area contributed by atoms with Gasteiger partial charge in [0.25, 0.3) is 0 Å². The van der Waals surface area contributed by atoms with Crippen molar-refractivity contribution in [3.63, 3.8) is 0 Å². The van der Waals surface area contributed by atoms with Gasteiger partial charge in [0.1, 0.15) is 11.5 Å². The van der Waals surface area contributed by atoms with Crippen LogP contribution in [0.25, 0.3) is 0 Å². The molecule has 0 spiro atoms. The van der Waals surface area contributed by atoms with Crippen LogP contribution in [-0.2, 0) is 6.42 Å². The smallest absolute Gasteiger partial charge is 0.119 e. The third-order valence-corrected chi connectivity index (χ3v) is 2.62. The van der Waals surface area contributed by atoms with Gasteiger partial charge in [0, 0.05) is 6.42 Å². The molecule has 2 rings (SSSR count). The van der Waals surface area contributed by atoms with Crippen LogP contribution >= 0.6 is 0 Å². The summed E-state index contributed by atoms with van der Waals surface area (Å²) in [5, 5.41) is 9.69. The minimum Gasteiger partial charge on any atom is -0.508 e. The molecule has 2 aromatic rings. The summed E-state index contributed by atoms with van der Waals surface area (Å²) in [6.07, 6.45) is 0.735. The van der Waals surface area contributed by atoms with Crippen LogP contribution in [0.4, 0.5) is 0 Å². The summed E-state index contributed by atoms with van der Waals surface area (Å²) >= 11 is 0. The normalized spacial score (nSPS) is 10.2. The number of ether oxygens (including phenoxy) is 1. The quantitative estimate of drug-likeness (QED) is 0.869. The Balaban J connectivity index is 2.11. The molecule has 0 bridgehead atoms. The molecule has 0 aromatic heterocycles. The van der Waals surface area contributed by atoms with Crippen LogP contribution in [0.15, 0.2) is 48.5 Å². The number of rotatable bonds is 4. The summed E-state index contributed by atoms with van der Waals surface area (Å²) in [4.78, 5) is 0. The predicted octanol–water partition coefficient (Wildman–Crippen LogP) is 3.38. The molecule has 0 saturated carbocycles. The second-order valence-electron chi connectivity index (χ2n) is 3.88. The maximum atomic E-state index is 9.69. The van der Waals surface area contributed by atoms with Crippen LogP contribution in [0.3, 0.4) is 0 Å². The third kappa shape index (κ3) is 3.00. The van der Waals surface area contributed by atoms with Crippen LogP contribution in [0, 0.1) is 0 Å². The molecule has 1 N–H and O–H groups in total. The fourth-order valence-corrected chi connectivity index (χ4v) is 1.75. The van der Waals surface area contributed by atoms with Crippen molar-refractivity contribution in [2.24, 2.45) is 0 Å². The first-order chi connectivity index (χ1) is 8.29. The van der Waals surface area contributed by atoms with E-state index in [1.807, 2.05) is 49.4 Å². The summed E-state index contributed by atoms with van der Waals surface area (Å²) < 4.78 is 5.39. The van der Waals surface area contributed by atoms with Gasteiger partial charge in [-0.1, -0.05) is 30.3 Å². The summed E-state index contributed by atoms with van der Waals surface area (Å²) in [6.45, 7) is 2.65. The maximum absolute atomic E-state index is 9.69. The highest BCUT2D eigenvalue weighted by molar-refractivity contribution is 5.37. The van der Waals surface area contributed by atoms with Crippen LogP contribution in [0.2, 0.25) is 0 Å². The lowest BCUT2D eigenvalue weighted by molar-refractivity contribution is 0.340. The van der Waals surface area contributed by atoms with E-state index in [2.05, 4.69) is 0 Å². The molecule has 17 heavy (non-hydrogen) atoms. The fourth-order valence-electron chi connectivity index (χ4n) is 1.75. The first-order valence-corrected chi connectivity index (χ1v) is 5.78. The highest BCUT2D eigenvalue weighted by Gasteiger charge is 2.01. The molecular weight excluding hydrogens is 212 g/mol. The number of hydrogen-bond acceptors (Lipinski definition) is 2. The van der Waals surface area contributed by atoms with Crippen molar-refractivity contribution in [3.8, 4) is 11.5 Å². The summed E-state index contributed by atoms with van der Waals surface area (Å²) in [5.74, 6) is 1.23. The number of phenols is 1. The van der Waals surface area contributed by atoms with E-state index in [1.54, 1.807) is 6.07 Å². The van der Waals surface area contributed by atoms with Gasteiger partial charge in [-0.05, 0) is 36.2 Å². The predicted molar refractivity (Wildman–Crippen MR) is 68.5 cm³/mol. The second kappa shape index (κ2) is 5.39. The van der Waals surface area contributed by atoms with Crippen LogP contribution in [-0.4, -0.2) is 11.7 Å². The summed E-state index contributed by atoms with van der Waals surface area (Å²) in [6, 6.07) is 15.4. The Labute approximate surface area is 101 Å². The topological polar surface area (TPSA) is 29.5 Å². The maximum Gasteiger partial charge on any atom is 0.119 e. The lowest BCUT2D eigenvalue weighted by Gasteiger charge is -2.06. The molecule has 0 amide bonds. The Hall–Kier alpha value is -1.96. The average molecular weight is 228 g/mol. The van der Waals surface area contributed by atoms with E-state index in [0.29, 0.717) is 12.4 Å². The highest BCUT2D eigenvalue weighted by Crippen LogP contribution is 2.21. The zero-order chi connectivity index (χ0) is 12.1. The first-order valence-electron chi connectivity index (χ1n) is 5.78. The molecule has 0 heterocycles. The molecule has 0 aliphatic rings. The van der Waals surface area contributed by atoms with E-state index in [1.165, 1.54) is 0 Å². The standard InChI is InChI=1S/C15H16O2/c1-2-17-14-9-7-12(8-10-14)11-13-5-3-4-6-15(13)16/h3-10,16H,2,11H2,1H3. The zero-order valence-corrected chi connectivity index (χ0v) is 9.89. The van der Waals surface area contributed by atoms with Crippen molar-refractivity contribution >= 4 is 0 Å². The minimum absolute atomic E-state index is 0.349. The van der Waals surface area contributed by atoms with Crippen molar-refractivity contribution in [1.29, 1.82) is 0 Å². The largest absolute Gasteiger partial charge is 0.508 e. The monoisotopic (exact) mass is 228 g/mol. The molecule has 0 aliphatic carbocycles. The van der Waals surface area contributed by atoms with Gasteiger partial charge in [0.15, 0.2) is 0 Å². The van der Waals surface area contributed by atoms with Crippen molar-refractivity contribution < 1.29 is 9.84 Å². The van der Waals surface area contributed by atoms with Gasteiger partial charge < -0.3 is 9.84 Å². The van der Waals surface area contributed by atoms with E-state index >= 15 is 0 Å². The fraction of sp³-hybridized carbons (Fsp3) is 0.200. The van der Waals surface area contributed by atoms with Crippen molar-refractivity contribution in [2.45, 2.75) is 13.3 Å². The number of phenolic OH excluding ortho intramolecular Hbond substituents is 1. The highest BCUT2D eigenvalue weighted by atomic mass is 16.5. The van der Waals surface area contributed by atoms with Gasteiger partial charge in [0.2, 0.25) is 0 Å². The van der Waals surface area contributed by atoms with Crippen LogP contribution in [0.1, 0.15) is 18.1 Å². The molecule has 2 heteroatoms. The van der Waals surface area contributed by atoms with E-state index in [-0.39, 0.29) is 0 Å². The third-order valence-electron chi connectivity index (χ3n) is 2.62. The molecule has 2 nitrogen and oxygen atoms in total. The SMILES string of the molecule is CCOc1ccc(Cc2ccccc2O)cc1. The minimum atomic E-state index is 0.349. The van der Waals surface area contributed by atoms with Gasteiger partial charge in [-0.25, -0.2) is 0 Å². The van der Waals surface area contributed by atoms with Gasteiger partial charge in [-0.3, -0.25) is 0 Å². The Morgan fingerprint density at radius 2 is 1.71 bits per heavy atom. The van der Waals surface area contributed by atoms with Gasteiger partial charge in [0.05, 0.1) is 6.61 Å². The molecular formula is C15H16O2. The molecule has 2 aromatic carbocycles. The van der Waals surface area contributed by atoms with Crippen LogP contribution < -0.4 is 4.74 Å². The first kappa shape index (κ1) is 11.5. The Morgan fingerprint density at radius 1 is 1.00 bits per heavy atom. The van der Waals surface area contributed by atoms with E-state index in [0.717, 1.165) is 23.3 Å². The Bertz CT molecular complexity index is 475. The summed E-state index contributed by atoms with van der Waals surface area (Å²) in [5.41, 5.74) is 2.10. The van der Waals surface area contributed by atoms with Gasteiger partial charge >= 0.3 is 0 Å². The number of hydrogen-bond donors (Lipinski definition) is 1. The van der Waals surface area contributed by atoms with Gasteiger partial charge in [-0.2, -0.15) is 0 Å². The van der Waals surface area contributed by atoms with E-state index in [9.17, 15) is 5.11 Å². The van der Waals surface area contributed by atoms with E-state index in [4.69, 9.17) is 4.74 Å². The summed E-state index contributed by atoms with van der Waals surface area (Å²) in [7, 11) is 0. The number of benzene rings is 2. The zero-order valence-electron chi connectivity index (χ0n) is 9.89. The Kier molecular flexibility index (Phi) is 3.66. The average Bonchev–Trinajstić information content (AvgIpc) is 2.35. The van der Waals surface area contributed by atoms with E-state index < -0.39 is 0 Å². The van der Waals surface area contributed by atoms with Gasteiger partial charge in [-0.15, -0.1) is 0 Å². The molecule has 0 atom stereocenters. The number of para-hydroxylation sites is 1. The molecule has 0 fully saturated rings. The molecule has 0 saturated heterocycles. The van der Waals surface area contributed by atoms with Crippen molar-refractivity contribution in [3.05, 3.63) is 59.7 Å². The molecule has 88 valence electrons. The molecule has 0 unspecified atom stereocenters. The second-order valence-corrected chi connectivity index (χ2v) is 3.88. The molecule has 0 radical (unpaired) electrons. The lowest BCUT2D eigenvalue weighted by Crippen LogP contribution is -1.92. The number of aromatic hydroxyl groups is 1.